The van der Waals surface area contributed by atoms with Crippen molar-refractivity contribution in [2.75, 3.05) is 13.2 Å². The van der Waals surface area contributed by atoms with Gasteiger partial charge in [-0.25, -0.2) is 4.79 Å². The van der Waals surface area contributed by atoms with Crippen molar-refractivity contribution in [3.8, 4) is 0 Å². The van der Waals surface area contributed by atoms with Gasteiger partial charge in [0.05, 0.1) is 18.1 Å². The molecule has 1 atom stereocenters. The third-order valence-corrected chi connectivity index (χ3v) is 3.37. The van der Waals surface area contributed by atoms with Crippen LogP contribution in [0.4, 0.5) is 0 Å². The van der Waals surface area contributed by atoms with Crippen LogP contribution in [-0.2, 0) is 16.0 Å². The molecule has 1 aromatic carbocycles. The lowest BCUT2D eigenvalue weighted by atomic mass is 10.1. The molecule has 0 bridgehead atoms. The van der Waals surface area contributed by atoms with Crippen LogP contribution in [0.1, 0.15) is 35.2 Å². The number of carboxylic acid groups (broad SMARTS) is 1. The van der Waals surface area contributed by atoms with Crippen LogP contribution < -0.4 is 5.32 Å². The first-order valence-corrected chi connectivity index (χ1v) is 6.85. The van der Waals surface area contributed by atoms with Gasteiger partial charge >= 0.3 is 5.97 Å². The fraction of sp³-hybridized carbons (Fsp3) is 0.467. The number of hydrogen-bond acceptors (Lipinski definition) is 3. The van der Waals surface area contributed by atoms with Crippen LogP contribution in [-0.4, -0.2) is 36.2 Å². The molecule has 0 radical (unpaired) electrons. The summed E-state index contributed by atoms with van der Waals surface area (Å²) < 4.78 is 5.54. The normalized spacial score (nSPS) is 18.5. The molecule has 1 heterocycles. The Hall–Kier alpha value is -1.88. The summed E-state index contributed by atoms with van der Waals surface area (Å²) >= 11 is 0. The zero-order valence-electron chi connectivity index (χ0n) is 11.3. The summed E-state index contributed by atoms with van der Waals surface area (Å²) in [6, 6.07) is 6.35. The van der Waals surface area contributed by atoms with E-state index in [1.165, 1.54) is 12.1 Å². The van der Waals surface area contributed by atoms with Gasteiger partial charge in [-0.05, 0) is 37.0 Å². The highest BCUT2D eigenvalue weighted by Crippen LogP contribution is 2.11. The van der Waals surface area contributed by atoms with E-state index in [1.807, 2.05) is 0 Å². The van der Waals surface area contributed by atoms with Crippen molar-refractivity contribution in [3.05, 3.63) is 35.4 Å². The molecule has 0 aromatic heterocycles. The number of ether oxygens (including phenoxy) is 1. The van der Waals surface area contributed by atoms with Crippen LogP contribution >= 0.6 is 0 Å². The van der Waals surface area contributed by atoms with E-state index < -0.39 is 5.97 Å². The van der Waals surface area contributed by atoms with Gasteiger partial charge in [0.2, 0.25) is 5.91 Å². The minimum atomic E-state index is -0.963. The van der Waals surface area contributed by atoms with Crippen molar-refractivity contribution in [3.63, 3.8) is 0 Å². The number of hydrogen-bond donors (Lipinski definition) is 2. The van der Waals surface area contributed by atoms with Crippen molar-refractivity contribution in [2.24, 2.45) is 0 Å². The number of rotatable bonds is 5. The summed E-state index contributed by atoms with van der Waals surface area (Å²) in [5.41, 5.74) is 1.03. The number of nitrogens with one attached hydrogen (secondary N) is 1. The van der Waals surface area contributed by atoms with Crippen LogP contribution in [0.2, 0.25) is 0 Å². The lowest BCUT2D eigenvalue weighted by Gasteiger charge is -2.22. The summed E-state index contributed by atoms with van der Waals surface area (Å²) in [4.78, 5) is 22.5. The standard InChI is InChI=1S/C15H19NO4/c17-14(16-10-13-3-1-2-8-20-13)9-11-4-6-12(7-5-11)15(18)19/h4-7,13H,1-3,8-10H2,(H,16,17)(H,18,19). The molecule has 0 spiro atoms. The van der Waals surface area contributed by atoms with Gasteiger partial charge in [0.1, 0.15) is 0 Å². The van der Waals surface area contributed by atoms with E-state index in [9.17, 15) is 9.59 Å². The molecule has 1 aliphatic rings. The largest absolute Gasteiger partial charge is 0.478 e. The maximum Gasteiger partial charge on any atom is 0.335 e. The number of benzene rings is 1. The molecule has 0 aliphatic carbocycles. The average Bonchev–Trinajstić information content (AvgIpc) is 2.47. The third-order valence-electron chi connectivity index (χ3n) is 3.37. The van der Waals surface area contributed by atoms with Crippen molar-refractivity contribution < 1.29 is 19.4 Å². The molecule has 2 rings (SSSR count). The average molecular weight is 277 g/mol. The Morgan fingerprint density at radius 1 is 1.25 bits per heavy atom. The van der Waals surface area contributed by atoms with Crippen molar-refractivity contribution in [1.82, 2.24) is 5.32 Å². The first-order chi connectivity index (χ1) is 9.65. The Balaban J connectivity index is 1.77. The van der Waals surface area contributed by atoms with E-state index in [0.717, 1.165) is 31.4 Å². The van der Waals surface area contributed by atoms with Gasteiger partial charge in [-0.2, -0.15) is 0 Å². The van der Waals surface area contributed by atoms with Crippen LogP contribution in [0.15, 0.2) is 24.3 Å². The highest BCUT2D eigenvalue weighted by atomic mass is 16.5. The molecule has 1 aliphatic heterocycles. The number of aromatic carboxylic acids is 1. The van der Waals surface area contributed by atoms with E-state index in [-0.39, 0.29) is 24.0 Å². The second-order valence-electron chi connectivity index (χ2n) is 4.97. The number of carbonyl (C=O) groups excluding carboxylic acids is 1. The van der Waals surface area contributed by atoms with Crippen LogP contribution in [0.3, 0.4) is 0 Å². The van der Waals surface area contributed by atoms with Crippen molar-refractivity contribution in [2.45, 2.75) is 31.8 Å². The molecule has 1 aromatic rings. The van der Waals surface area contributed by atoms with Crippen LogP contribution in [0, 0.1) is 0 Å². The van der Waals surface area contributed by atoms with Gasteiger partial charge in [-0.1, -0.05) is 12.1 Å². The first-order valence-electron chi connectivity index (χ1n) is 6.85. The number of carboxylic acids is 1. The lowest BCUT2D eigenvalue weighted by molar-refractivity contribution is -0.121. The molecule has 1 unspecified atom stereocenters. The van der Waals surface area contributed by atoms with Gasteiger partial charge in [0.15, 0.2) is 0 Å². The molecule has 1 amide bonds. The van der Waals surface area contributed by atoms with Gasteiger partial charge in [0, 0.05) is 13.2 Å². The van der Waals surface area contributed by atoms with Crippen LogP contribution in [0.5, 0.6) is 0 Å². The molecule has 1 saturated heterocycles. The van der Waals surface area contributed by atoms with Crippen molar-refractivity contribution >= 4 is 11.9 Å². The molecule has 1 fully saturated rings. The molecule has 0 saturated carbocycles. The fourth-order valence-electron chi connectivity index (χ4n) is 2.21. The molecule has 108 valence electrons. The predicted molar refractivity (Wildman–Crippen MR) is 73.7 cm³/mol. The Morgan fingerprint density at radius 3 is 2.60 bits per heavy atom. The number of carbonyl (C=O) groups is 2. The van der Waals surface area contributed by atoms with Crippen LogP contribution in [0.25, 0.3) is 0 Å². The molecule has 2 N–H and O–H groups in total. The monoisotopic (exact) mass is 277 g/mol. The van der Waals surface area contributed by atoms with Crippen molar-refractivity contribution in [1.29, 1.82) is 0 Å². The fourth-order valence-corrected chi connectivity index (χ4v) is 2.21. The Morgan fingerprint density at radius 2 is 2.00 bits per heavy atom. The second kappa shape index (κ2) is 7.05. The minimum Gasteiger partial charge on any atom is -0.478 e. The highest BCUT2D eigenvalue weighted by molar-refractivity contribution is 5.87. The summed E-state index contributed by atoms with van der Waals surface area (Å²) in [5, 5.41) is 11.7. The number of amides is 1. The molecule has 20 heavy (non-hydrogen) atoms. The topological polar surface area (TPSA) is 75.6 Å². The van der Waals surface area contributed by atoms with E-state index in [0.29, 0.717) is 6.54 Å². The highest BCUT2D eigenvalue weighted by Gasteiger charge is 2.14. The van der Waals surface area contributed by atoms with E-state index in [4.69, 9.17) is 9.84 Å². The smallest absolute Gasteiger partial charge is 0.335 e. The predicted octanol–water partition coefficient (Wildman–Crippen LogP) is 1.61. The zero-order chi connectivity index (χ0) is 14.4. The minimum absolute atomic E-state index is 0.0674. The maximum atomic E-state index is 11.8. The summed E-state index contributed by atoms with van der Waals surface area (Å²) in [7, 11) is 0. The Bertz CT molecular complexity index is 463. The molecular formula is C15H19NO4. The molecule has 5 nitrogen and oxygen atoms in total. The maximum absolute atomic E-state index is 11.8. The lowest BCUT2D eigenvalue weighted by Crippen LogP contribution is -2.36. The third kappa shape index (κ3) is 4.35. The Kier molecular flexibility index (Phi) is 5.12. The van der Waals surface area contributed by atoms with Gasteiger partial charge in [0.25, 0.3) is 0 Å². The van der Waals surface area contributed by atoms with Gasteiger partial charge in [-0.15, -0.1) is 0 Å². The summed E-state index contributed by atoms with van der Waals surface area (Å²) in [6.45, 7) is 1.32. The second-order valence-corrected chi connectivity index (χ2v) is 4.97. The summed E-state index contributed by atoms with van der Waals surface area (Å²) in [5.74, 6) is -1.03. The van der Waals surface area contributed by atoms with Gasteiger partial charge in [-0.3, -0.25) is 4.79 Å². The molecule has 5 heteroatoms. The first kappa shape index (κ1) is 14.5. The Labute approximate surface area is 117 Å². The zero-order valence-corrected chi connectivity index (χ0v) is 11.3. The summed E-state index contributed by atoms with van der Waals surface area (Å²) in [6.07, 6.45) is 3.62. The van der Waals surface area contributed by atoms with Gasteiger partial charge < -0.3 is 15.2 Å². The van der Waals surface area contributed by atoms with E-state index in [1.54, 1.807) is 12.1 Å². The van der Waals surface area contributed by atoms with E-state index >= 15 is 0 Å². The molecular weight excluding hydrogens is 258 g/mol. The van der Waals surface area contributed by atoms with E-state index in [2.05, 4.69) is 5.32 Å². The SMILES string of the molecule is O=C(Cc1ccc(C(=O)O)cc1)NCC1CCCCO1. The quantitative estimate of drug-likeness (QED) is 0.857.